The molecule has 9 heteroatoms. The number of nitrogens with zero attached hydrogens (tertiary/aromatic N) is 3. The number of hydrogen-bond acceptors (Lipinski definition) is 6. The monoisotopic (exact) mass is 472 g/mol. The first-order valence-electron chi connectivity index (χ1n) is 11.2. The molecule has 0 saturated carbocycles. The van der Waals surface area contributed by atoms with Gasteiger partial charge in [-0.1, -0.05) is 12.1 Å². The molecule has 0 aliphatic carbocycles. The summed E-state index contributed by atoms with van der Waals surface area (Å²) < 4.78 is 7.22. The maximum atomic E-state index is 13.6. The molecule has 0 aliphatic rings. The number of anilines is 3. The molecule has 35 heavy (non-hydrogen) atoms. The Morgan fingerprint density at radius 1 is 1.03 bits per heavy atom. The van der Waals surface area contributed by atoms with E-state index in [0.29, 0.717) is 39.3 Å². The van der Waals surface area contributed by atoms with Gasteiger partial charge in [-0.3, -0.25) is 4.79 Å². The van der Waals surface area contributed by atoms with Crippen molar-refractivity contribution in [3.05, 3.63) is 71.2 Å². The van der Waals surface area contributed by atoms with Crippen LogP contribution in [0.15, 0.2) is 48.9 Å². The van der Waals surface area contributed by atoms with Gasteiger partial charge in [-0.05, 0) is 63.1 Å². The molecule has 0 fully saturated rings. The van der Waals surface area contributed by atoms with Crippen LogP contribution in [0, 0.1) is 13.8 Å². The summed E-state index contributed by atoms with van der Waals surface area (Å²) in [6.45, 7) is 7.78. The molecule has 4 rings (SSSR count). The van der Waals surface area contributed by atoms with Crippen molar-refractivity contribution < 1.29 is 14.3 Å². The maximum absolute atomic E-state index is 13.6. The van der Waals surface area contributed by atoms with Crippen molar-refractivity contribution in [2.45, 2.75) is 33.7 Å². The highest BCUT2D eigenvalue weighted by molar-refractivity contribution is 6.19. The van der Waals surface area contributed by atoms with Crippen molar-refractivity contribution in [3.8, 4) is 5.75 Å². The van der Waals surface area contributed by atoms with Crippen LogP contribution in [-0.4, -0.2) is 33.5 Å². The average molecular weight is 473 g/mol. The second-order valence-corrected chi connectivity index (χ2v) is 8.64. The number of ether oxygens (including phenoxy) is 1. The molecule has 2 amide bonds. The molecule has 2 aromatic heterocycles. The number of urea groups is 1. The number of aryl methyl sites for hydroxylation is 2. The Morgan fingerprint density at radius 3 is 2.51 bits per heavy atom. The summed E-state index contributed by atoms with van der Waals surface area (Å²) in [4.78, 5) is 34.8. The average Bonchev–Trinajstić information content (AvgIpc) is 3.21. The molecule has 0 unspecified atom stereocenters. The molecule has 0 spiro atoms. The second kappa shape index (κ2) is 9.46. The molecule has 4 aromatic rings. The molecular formula is C26H28N6O3. The number of methoxy groups -OCH3 is 1. The molecule has 0 aliphatic heterocycles. The van der Waals surface area contributed by atoms with Gasteiger partial charge in [0.05, 0.1) is 23.7 Å². The van der Waals surface area contributed by atoms with Crippen LogP contribution in [0.1, 0.15) is 46.9 Å². The summed E-state index contributed by atoms with van der Waals surface area (Å²) in [5.74, 6) is 0.570. The second-order valence-electron chi connectivity index (χ2n) is 8.64. The Balaban J connectivity index is 1.65. The minimum Gasteiger partial charge on any atom is -0.495 e. The van der Waals surface area contributed by atoms with E-state index in [4.69, 9.17) is 10.5 Å². The number of benzene rings is 2. The SMILES string of the molecule is COc1ccc(C)cc1NC(=O)Nc1ccc(C)c(C(=O)c2cn(C(C)C)c3ncnc(N)c23)c1. The lowest BCUT2D eigenvalue weighted by Crippen LogP contribution is -2.20. The topological polar surface area (TPSA) is 124 Å². The van der Waals surface area contributed by atoms with Gasteiger partial charge in [-0.15, -0.1) is 0 Å². The molecule has 0 radical (unpaired) electrons. The third-order valence-corrected chi connectivity index (χ3v) is 5.78. The van der Waals surface area contributed by atoms with E-state index in [0.717, 1.165) is 11.1 Å². The molecule has 2 aromatic carbocycles. The van der Waals surface area contributed by atoms with Crippen LogP contribution in [0.2, 0.25) is 0 Å². The van der Waals surface area contributed by atoms with Crippen molar-refractivity contribution in [1.29, 1.82) is 0 Å². The fraction of sp³-hybridized carbons (Fsp3) is 0.231. The third-order valence-electron chi connectivity index (χ3n) is 5.78. The van der Waals surface area contributed by atoms with Crippen molar-refractivity contribution in [3.63, 3.8) is 0 Å². The molecule has 180 valence electrons. The van der Waals surface area contributed by atoms with Crippen LogP contribution in [0.25, 0.3) is 11.0 Å². The summed E-state index contributed by atoms with van der Waals surface area (Å²) in [6.07, 6.45) is 3.15. The van der Waals surface area contributed by atoms with E-state index in [1.54, 1.807) is 37.6 Å². The smallest absolute Gasteiger partial charge is 0.323 e. The van der Waals surface area contributed by atoms with Gasteiger partial charge >= 0.3 is 6.03 Å². The Kier molecular flexibility index (Phi) is 6.42. The number of aromatic nitrogens is 3. The molecule has 9 nitrogen and oxygen atoms in total. The van der Waals surface area contributed by atoms with Crippen LogP contribution in [0.4, 0.5) is 22.0 Å². The lowest BCUT2D eigenvalue weighted by Gasteiger charge is -2.13. The van der Waals surface area contributed by atoms with Crippen molar-refractivity contribution in [2.75, 3.05) is 23.5 Å². The first kappa shape index (κ1) is 23.7. The van der Waals surface area contributed by atoms with E-state index in [-0.39, 0.29) is 17.6 Å². The standard InChI is InChI=1S/C26H28N6O3/c1-14(2)32-12-19(22-24(27)28-13-29-25(22)32)23(33)18-11-17(8-7-16(18)4)30-26(34)31-20-10-15(3)6-9-21(20)35-5/h6-14H,1-5H3,(H2,27,28,29)(H2,30,31,34). The zero-order valence-corrected chi connectivity index (χ0v) is 20.3. The molecule has 0 bridgehead atoms. The van der Waals surface area contributed by atoms with E-state index >= 15 is 0 Å². The Labute approximate surface area is 203 Å². The third kappa shape index (κ3) is 4.65. The molecule has 2 heterocycles. The van der Waals surface area contributed by atoms with Crippen LogP contribution >= 0.6 is 0 Å². The minimum atomic E-state index is -0.454. The van der Waals surface area contributed by atoms with Gasteiger partial charge in [0, 0.05) is 23.5 Å². The van der Waals surface area contributed by atoms with Crippen molar-refractivity contribution >= 4 is 40.0 Å². The highest BCUT2D eigenvalue weighted by Gasteiger charge is 2.23. The summed E-state index contributed by atoms with van der Waals surface area (Å²) in [6, 6.07) is 10.3. The highest BCUT2D eigenvalue weighted by atomic mass is 16.5. The van der Waals surface area contributed by atoms with Crippen LogP contribution < -0.4 is 21.1 Å². The molecule has 4 N–H and O–H groups in total. The van der Waals surface area contributed by atoms with Crippen molar-refractivity contribution in [2.24, 2.45) is 0 Å². The van der Waals surface area contributed by atoms with Crippen molar-refractivity contribution in [1.82, 2.24) is 14.5 Å². The predicted molar refractivity (Wildman–Crippen MR) is 137 cm³/mol. The number of carbonyl (C=O) groups excluding carboxylic acids is 2. The van der Waals surface area contributed by atoms with Gasteiger partial charge in [-0.2, -0.15) is 0 Å². The summed E-state index contributed by atoms with van der Waals surface area (Å²) >= 11 is 0. The normalized spacial score (nSPS) is 11.0. The first-order chi connectivity index (χ1) is 16.7. The van der Waals surface area contributed by atoms with E-state index < -0.39 is 6.03 Å². The quantitative estimate of drug-likeness (QED) is 0.336. The Morgan fingerprint density at radius 2 is 1.80 bits per heavy atom. The number of fused-ring (bicyclic) bond motifs is 1. The van der Waals surface area contributed by atoms with Crippen LogP contribution in [-0.2, 0) is 0 Å². The zero-order valence-electron chi connectivity index (χ0n) is 20.3. The number of ketones is 1. The number of nitrogen functional groups attached to an aromatic ring is 1. The lowest BCUT2D eigenvalue weighted by molar-refractivity contribution is 0.103. The predicted octanol–water partition coefficient (Wildman–Crippen LogP) is 5.09. The summed E-state index contributed by atoms with van der Waals surface area (Å²) in [5.41, 5.74) is 10.4. The molecule has 0 atom stereocenters. The van der Waals surface area contributed by atoms with Crippen LogP contribution in [0.3, 0.4) is 0 Å². The Hall–Kier alpha value is -4.40. The van der Waals surface area contributed by atoms with Gasteiger partial charge in [0.25, 0.3) is 0 Å². The molecular weight excluding hydrogens is 444 g/mol. The van der Waals surface area contributed by atoms with E-state index in [1.807, 2.05) is 44.4 Å². The number of hydrogen-bond donors (Lipinski definition) is 3. The lowest BCUT2D eigenvalue weighted by atomic mass is 9.98. The van der Waals surface area contributed by atoms with Gasteiger partial charge < -0.3 is 25.7 Å². The van der Waals surface area contributed by atoms with Gasteiger partial charge in [0.15, 0.2) is 5.78 Å². The minimum absolute atomic E-state index is 0.0739. The van der Waals surface area contributed by atoms with Gasteiger partial charge in [0.2, 0.25) is 0 Å². The number of carbonyl (C=O) groups is 2. The number of amides is 2. The summed E-state index contributed by atoms with van der Waals surface area (Å²) in [7, 11) is 1.54. The van der Waals surface area contributed by atoms with Crippen LogP contribution in [0.5, 0.6) is 5.75 Å². The number of rotatable bonds is 6. The molecule has 0 saturated heterocycles. The first-order valence-corrected chi connectivity index (χ1v) is 11.2. The zero-order chi connectivity index (χ0) is 25.3. The fourth-order valence-electron chi connectivity index (χ4n) is 3.97. The van der Waals surface area contributed by atoms with Gasteiger partial charge in [-0.25, -0.2) is 14.8 Å². The maximum Gasteiger partial charge on any atom is 0.323 e. The van der Waals surface area contributed by atoms with E-state index in [9.17, 15) is 9.59 Å². The van der Waals surface area contributed by atoms with Gasteiger partial charge in [0.1, 0.15) is 23.5 Å². The summed E-state index contributed by atoms with van der Waals surface area (Å²) in [5, 5.41) is 6.11. The van der Waals surface area contributed by atoms with E-state index in [2.05, 4.69) is 20.6 Å². The fourth-order valence-corrected chi connectivity index (χ4v) is 3.97. The highest BCUT2D eigenvalue weighted by Crippen LogP contribution is 2.30. The number of nitrogens with one attached hydrogen (secondary N) is 2. The largest absolute Gasteiger partial charge is 0.495 e. The van der Waals surface area contributed by atoms with E-state index in [1.165, 1.54) is 6.33 Å². The number of nitrogens with two attached hydrogens (primary N) is 1. The Bertz CT molecular complexity index is 1440.